The van der Waals surface area contributed by atoms with Crippen molar-refractivity contribution in [2.75, 3.05) is 9.80 Å². The van der Waals surface area contributed by atoms with E-state index in [1.54, 1.807) is 0 Å². The minimum absolute atomic E-state index is 0.122. The van der Waals surface area contributed by atoms with E-state index in [9.17, 15) is 0 Å². The van der Waals surface area contributed by atoms with Crippen molar-refractivity contribution in [3.05, 3.63) is 355 Å². The lowest BCUT2D eigenvalue weighted by Gasteiger charge is -2.46. The lowest BCUT2D eigenvalue weighted by atomic mass is 9.33. The molecule has 586 valence electrons. The highest BCUT2D eigenvalue weighted by Gasteiger charge is 2.47. The number of hydrogen-bond acceptors (Lipinski definition) is 2. The summed E-state index contributed by atoms with van der Waals surface area (Å²) in [5.74, 6) is 0. The number of hydrogen-bond donors (Lipinski definition) is 0. The average Bonchev–Trinajstić information content (AvgIpc) is 1.13. The van der Waals surface area contributed by atoms with Crippen LogP contribution in [0.2, 0.25) is 0 Å². The zero-order chi connectivity index (χ0) is 82.7. The smallest absolute Gasteiger partial charge is 0.252 e. The molecule has 0 unspecified atom stereocenters. The maximum absolute atomic E-state index is 2.77. The quantitative estimate of drug-likeness (QED) is 0.127. The molecule has 4 heterocycles. The maximum atomic E-state index is 2.77. The molecule has 0 bridgehead atoms. The number of rotatable bonds is 10. The molecule has 2 aliphatic rings. The molecule has 17 aromatic rings. The third kappa shape index (κ3) is 13.3. The first-order valence-electron chi connectivity index (χ1n) is 42.8. The molecule has 0 aliphatic carbocycles. The standard InChI is InChI=1S/C114H107BN4/c1-109(2,3)80-57-77(58-81(64-80)110(4,5)6)76-51-54-96-102(61-76)118(107-91(72-37-23-19-24-38-72)66-84(113(13,14)15)67-92(107)73-39-25-20-26-40-73)104-62-79(78-59-82(111(7,8)9)65-83(60-78)112(10,11)12)63-105-106(104)115(96)97-55-52-87(71-103(97)119(105)108-93(74-41-27-21-28-42-74)68-85(114(16,17)18)69-94(108)75-43-29-22-30-44-75)117-100-50-36-33-47-90(100)95-70-86(53-56-101(95)117)116-98-48-34-31-45-88(98)89-46-32-35-49-99(89)116/h19-71H,1-18H3. The molecule has 0 fully saturated rings. The monoisotopic (exact) mass is 1540 g/mol. The van der Waals surface area contributed by atoms with Crippen LogP contribution in [0.4, 0.5) is 34.1 Å². The molecule has 0 spiro atoms. The maximum Gasteiger partial charge on any atom is 0.252 e. The number of fused-ring (bicyclic) bond motifs is 10. The van der Waals surface area contributed by atoms with Crippen LogP contribution in [0.25, 0.3) is 122 Å². The fourth-order valence-electron chi connectivity index (χ4n) is 18.8. The van der Waals surface area contributed by atoms with Crippen LogP contribution in [0.15, 0.2) is 322 Å². The lowest BCUT2D eigenvalue weighted by molar-refractivity contribution is 0.568. The molecule has 119 heavy (non-hydrogen) atoms. The Balaban J connectivity index is 1.01. The van der Waals surface area contributed by atoms with Gasteiger partial charge in [0.1, 0.15) is 0 Å². The summed E-state index contributed by atoms with van der Waals surface area (Å²) in [6.07, 6.45) is 0. The molecule has 0 amide bonds. The Hall–Kier alpha value is -12.4. The highest BCUT2D eigenvalue weighted by molar-refractivity contribution is 7.00. The fourth-order valence-corrected chi connectivity index (χ4v) is 18.8. The van der Waals surface area contributed by atoms with E-state index in [0.717, 1.165) is 95.5 Å². The predicted octanol–water partition coefficient (Wildman–Crippen LogP) is 29.8. The Morgan fingerprint density at radius 3 is 0.849 bits per heavy atom. The summed E-state index contributed by atoms with van der Waals surface area (Å²) in [5, 5.41) is 4.88. The van der Waals surface area contributed by atoms with Crippen LogP contribution in [0.5, 0.6) is 0 Å². The van der Waals surface area contributed by atoms with Crippen molar-refractivity contribution in [3.63, 3.8) is 0 Å². The Kier molecular flexibility index (Phi) is 18.1. The van der Waals surface area contributed by atoms with Crippen LogP contribution in [0.3, 0.4) is 0 Å². The number of para-hydroxylation sites is 3. The van der Waals surface area contributed by atoms with Gasteiger partial charge < -0.3 is 18.9 Å². The number of aromatic nitrogens is 2. The molecule has 0 saturated heterocycles. The van der Waals surface area contributed by atoms with E-state index < -0.39 is 0 Å². The first-order chi connectivity index (χ1) is 56.8. The number of anilines is 6. The van der Waals surface area contributed by atoms with Gasteiger partial charge in [0.15, 0.2) is 0 Å². The van der Waals surface area contributed by atoms with E-state index in [-0.39, 0.29) is 39.2 Å². The second-order valence-corrected chi connectivity index (χ2v) is 39.9. The van der Waals surface area contributed by atoms with Gasteiger partial charge in [0.2, 0.25) is 0 Å². The molecule has 2 aromatic heterocycles. The second-order valence-electron chi connectivity index (χ2n) is 39.9. The molecule has 0 atom stereocenters. The van der Waals surface area contributed by atoms with Gasteiger partial charge in [0, 0.05) is 77.9 Å². The summed E-state index contributed by atoms with van der Waals surface area (Å²) in [6.45, 7) is 42.4. The van der Waals surface area contributed by atoms with Crippen LogP contribution >= 0.6 is 0 Å². The summed E-state index contributed by atoms with van der Waals surface area (Å²) in [6, 6.07) is 125. The largest absolute Gasteiger partial charge is 0.310 e. The zero-order valence-corrected chi connectivity index (χ0v) is 72.5. The van der Waals surface area contributed by atoms with E-state index >= 15 is 0 Å². The second kappa shape index (κ2) is 28.1. The van der Waals surface area contributed by atoms with E-state index in [1.165, 1.54) is 110 Å². The van der Waals surface area contributed by atoms with Gasteiger partial charge in [-0.3, -0.25) is 0 Å². The van der Waals surface area contributed by atoms with E-state index in [1.807, 2.05) is 0 Å². The van der Waals surface area contributed by atoms with Gasteiger partial charge in [-0.05, 0) is 218 Å². The van der Waals surface area contributed by atoms with Gasteiger partial charge in [0.25, 0.3) is 6.71 Å². The minimum atomic E-state index is -0.290. The van der Waals surface area contributed by atoms with Crippen molar-refractivity contribution < 1.29 is 0 Å². The summed E-state index contributed by atoms with van der Waals surface area (Å²) in [4.78, 5) is 5.54. The third-order valence-electron chi connectivity index (χ3n) is 25.5. The summed E-state index contributed by atoms with van der Waals surface area (Å²) in [5.41, 5.74) is 38.0. The summed E-state index contributed by atoms with van der Waals surface area (Å²) >= 11 is 0. The van der Waals surface area contributed by atoms with Crippen molar-refractivity contribution >= 4 is 101 Å². The van der Waals surface area contributed by atoms with Crippen molar-refractivity contribution in [3.8, 4) is 78.1 Å². The summed E-state index contributed by atoms with van der Waals surface area (Å²) in [7, 11) is 0. The normalized spacial score (nSPS) is 13.2. The van der Waals surface area contributed by atoms with Gasteiger partial charge in [-0.2, -0.15) is 0 Å². The van der Waals surface area contributed by atoms with Crippen molar-refractivity contribution in [2.24, 2.45) is 0 Å². The molecule has 19 rings (SSSR count). The average molecular weight is 1540 g/mol. The van der Waals surface area contributed by atoms with Gasteiger partial charge in [0.05, 0.1) is 33.4 Å². The van der Waals surface area contributed by atoms with Crippen LogP contribution in [0, 0.1) is 0 Å². The Labute approximate surface area is 705 Å². The topological polar surface area (TPSA) is 16.3 Å². The molecule has 2 aliphatic heterocycles. The molecule has 0 saturated carbocycles. The van der Waals surface area contributed by atoms with Crippen molar-refractivity contribution in [2.45, 2.75) is 157 Å². The fraction of sp³-hybridized carbons (Fsp3) is 0.211. The molecular weight excluding hydrogens is 1440 g/mol. The van der Waals surface area contributed by atoms with Crippen LogP contribution < -0.4 is 26.2 Å². The summed E-state index contributed by atoms with van der Waals surface area (Å²) < 4.78 is 5.01. The van der Waals surface area contributed by atoms with Crippen LogP contribution in [0.1, 0.15) is 158 Å². The van der Waals surface area contributed by atoms with E-state index in [2.05, 4.69) is 465 Å². The van der Waals surface area contributed by atoms with Crippen molar-refractivity contribution in [1.82, 2.24) is 9.13 Å². The first kappa shape index (κ1) is 76.5. The van der Waals surface area contributed by atoms with Gasteiger partial charge in [-0.25, -0.2) is 0 Å². The highest BCUT2D eigenvalue weighted by Crippen LogP contribution is 2.57. The molecule has 0 N–H and O–H groups in total. The van der Waals surface area contributed by atoms with Gasteiger partial charge in [-0.15, -0.1) is 0 Å². The molecule has 15 aromatic carbocycles. The van der Waals surface area contributed by atoms with Gasteiger partial charge in [-0.1, -0.05) is 355 Å². The van der Waals surface area contributed by atoms with Crippen molar-refractivity contribution in [1.29, 1.82) is 0 Å². The zero-order valence-electron chi connectivity index (χ0n) is 72.5. The predicted molar refractivity (Wildman–Crippen MR) is 514 cm³/mol. The Morgan fingerprint density at radius 1 is 0.202 bits per heavy atom. The molecule has 0 radical (unpaired) electrons. The van der Waals surface area contributed by atoms with Crippen LogP contribution in [-0.4, -0.2) is 15.8 Å². The minimum Gasteiger partial charge on any atom is -0.310 e. The van der Waals surface area contributed by atoms with E-state index in [4.69, 9.17) is 0 Å². The number of nitrogens with zero attached hydrogens (tertiary/aromatic N) is 4. The number of benzene rings is 15. The van der Waals surface area contributed by atoms with Gasteiger partial charge >= 0.3 is 0 Å². The first-order valence-corrected chi connectivity index (χ1v) is 42.8. The Bertz CT molecular complexity index is 6650. The SMILES string of the molecule is CC(C)(C)c1cc(-c2ccc3c(c2)N(c2c(-c4ccccc4)cc(C(C)(C)C)cc2-c2ccccc2)c2cc(-c4cc(C(C)(C)C)cc(C(C)(C)C)c4)cc4c2B3c2ccc(-n3c5ccccc5c5cc(-n6c7ccccc7c7ccccc76)ccc53)cc2N4c2c(-c3ccccc3)cc(C(C)(C)C)cc2-c2ccccc2)cc(C(C)(C)C)c1. The Morgan fingerprint density at radius 2 is 0.479 bits per heavy atom. The van der Waals surface area contributed by atoms with Crippen LogP contribution in [-0.2, 0) is 32.5 Å². The van der Waals surface area contributed by atoms with E-state index in [0.29, 0.717) is 0 Å². The lowest BCUT2D eigenvalue weighted by Crippen LogP contribution is -2.61. The molecule has 4 nitrogen and oxygen atoms in total. The highest BCUT2D eigenvalue weighted by atomic mass is 15.2. The molecular formula is C114H107BN4. The third-order valence-corrected chi connectivity index (χ3v) is 25.5. The molecule has 5 heteroatoms.